The number of nitrogens with one attached hydrogen (secondary N) is 1. The molecule has 1 aliphatic carbocycles. The summed E-state index contributed by atoms with van der Waals surface area (Å²) in [6.45, 7) is 6.32. The van der Waals surface area contributed by atoms with Crippen molar-refractivity contribution >= 4 is 22.6 Å². The van der Waals surface area contributed by atoms with Crippen LogP contribution in [0.2, 0.25) is 0 Å². The molecule has 4 aromatic heterocycles. The Labute approximate surface area is 197 Å². The van der Waals surface area contributed by atoms with E-state index < -0.39 is 6.67 Å². The van der Waals surface area contributed by atoms with E-state index in [-0.39, 0.29) is 6.54 Å². The normalized spacial score (nSPS) is 21.9. The third-order valence-electron chi connectivity index (χ3n) is 7.28. The molecule has 1 N–H and O–H groups in total. The summed E-state index contributed by atoms with van der Waals surface area (Å²) in [7, 11) is 2.19. The number of aromatic nitrogens is 6. The minimum Gasteiger partial charge on any atom is -0.350 e. The minimum atomic E-state index is -0.450. The van der Waals surface area contributed by atoms with E-state index >= 15 is 0 Å². The van der Waals surface area contributed by atoms with Crippen molar-refractivity contribution in [2.24, 2.45) is 0 Å². The lowest BCUT2D eigenvalue weighted by molar-refractivity contribution is 0.0656. The molecule has 10 heteroatoms. The van der Waals surface area contributed by atoms with Crippen molar-refractivity contribution in [1.82, 2.24) is 38.9 Å². The number of piperazine rings is 1. The molecule has 2 fully saturated rings. The van der Waals surface area contributed by atoms with Crippen LogP contribution in [0.5, 0.6) is 0 Å². The standard InChI is InChI=1S/C24H30FN9/c1-16-27-21-4-3-20(29-23(21)33(16)8-6-25)19-5-7-34-22(19)15-26-24(30-34)28-17-13-18(14-17)32-11-9-31(2)10-12-32/h3-5,7,15,17-18H,6,8-14H2,1-2H3,(H,28,30). The first kappa shape index (κ1) is 21.4. The van der Waals surface area contributed by atoms with Crippen LogP contribution in [0.3, 0.4) is 0 Å². The van der Waals surface area contributed by atoms with E-state index in [0.717, 1.165) is 67.1 Å². The number of rotatable bonds is 6. The average Bonchev–Trinajstić information content (AvgIpc) is 3.37. The van der Waals surface area contributed by atoms with Crippen LogP contribution in [0.15, 0.2) is 30.6 Å². The Bertz CT molecular complexity index is 1310. The number of anilines is 1. The lowest BCUT2D eigenvalue weighted by Crippen LogP contribution is -2.55. The predicted octanol–water partition coefficient (Wildman–Crippen LogP) is 2.61. The Morgan fingerprint density at radius 1 is 1.09 bits per heavy atom. The SMILES string of the molecule is Cc1nc2ccc(-c3ccn4nc(NC5CC(N6CCN(C)CC6)C5)ncc34)nc2n1CCF. The zero-order chi connectivity index (χ0) is 23.2. The maximum Gasteiger partial charge on any atom is 0.241 e. The summed E-state index contributed by atoms with van der Waals surface area (Å²) in [5, 5.41) is 8.19. The van der Waals surface area contributed by atoms with E-state index in [2.05, 4.69) is 37.2 Å². The van der Waals surface area contributed by atoms with Crippen LogP contribution in [-0.4, -0.2) is 90.9 Å². The Balaban J connectivity index is 1.18. The summed E-state index contributed by atoms with van der Waals surface area (Å²) in [4.78, 5) is 18.9. The van der Waals surface area contributed by atoms with Gasteiger partial charge in [0.05, 0.1) is 24.0 Å². The molecule has 5 heterocycles. The van der Waals surface area contributed by atoms with Gasteiger partial charge in [-0.15, -0.1) is 5.10 Å². The maximum absolute atomic E-state index is 13.0. The number of hydrogen-bond acceptors (Lipinski definition) is 7. The van der Waals surface area contributed by atoms with Crippen LogP contribution in [-0.2, 0) is 6.54 Å². The Hall–Kier alpha value is -3.11. The first-order valence-corrected chi connectivity index (χ1v) is 12.0. The molecule has 0 unspecified atom stereocenters. The van der Waals surface area contributed by atoms with Crippen molar-refractivity contribution < 1.29 is 4.39 Å². The topological polar surface area (TPSA) is 79.4 Å². The zero-order valence-corrected chi connectivity index (χ0v) is 19.7. The molecule has 0 atom stereocenters. The molecule has 178 valence electrons. The fraction of sp³-hybridized carbons (Fsp3) is 0.500. The van der Waals surface area contributed by atoms with E-state index in [1.165, 1.54) is 0 Å². The first-order valence-electron chi connectivity index (χ1n) is 12.0. The second kappa shape index (κ2) is 8.59. The minimum absolute atomic E-state index is 0.254. The highest BCUT2D eigenvalue weighted by Gasteiger charge is 2.35. The van der Waals surface area contributed by atoms with Crippen molar-refractivity contribution in [2.45, 2.75) is 38.4 Å². The molecule has 9 nitrogen and oxygen atoms in total. The van der Waals surface area contributed by atoms with Crippen molar-refractivity contribution in [3.63, 3.8) is 0 Å². The van der Waals surface area contributed by atoms with E-state index in [1.54, 1.807) is 0 Å². The van der Waals surface area contributed by atoms with Crippen LogP contribution in [0.1, 0.15) is 18.7 Å². The van der Waals surface area contributed by atoms with Crippen molar-refractivity contribution in [1.29, 1.82) is 0 Å². The molecule has 4 aromatic rings. The highest BCUT2D eigenvalue weighted by molar-refractivity contribution is 5.82. The average molecular weight is 464 g/mol. The van der Waals surface area contributed by atoms with E-state index in [4.69, 9.17) is 4.98 Å². The lowest BCUT2D eigenvalue weighted by Gasteiger charge is -2.46. The van der Waals surface area contributed by atoms with Crippen LogP contribution in [0.4, 0.5) is 10.3 Å². The highest BCUT2D eigenvalue weighted by atomic mass is 19.1. The number of pyridine rings is 1. The molecule has 1 saturated heterocycles. The number of halogens is 1. The highest BCUT2D eigenvalue weighted by Crippen LogP contribution is 2.30. The molecule has 0 aromatic carbocycles. The van der Waals surface area contributed by atoms with Crippen LogP contribution < -0.4 is 5.32 Å². The lowest BCUT2D eigenvalue weighted by atomic mass is 9.85. The third-order valence-corrected chi connectivity index (χ3v) is 7.28. The van der Waals surface area contributed by atoms with Crippen molar-refractivity contribution in [2.75, 3.05) is 45.2 Å². The number of imidazole rings is 1. The molecule has 0 bridgehead atoms. The molecular weight excluding hydrogens is 433 g/mol. The van der Waals surface area contributed by atoms with Gasteiger partial charge >= 0.3 is 0 Å². The van der Waals surface area contributed by atoms with Crippen LogP contribution >= 0.6 is 0 Å². The molecular formula is C24H30FN9. The number of likely N-dealkylation sites (N-methyl/N-ethyl adjacent to an activating group) is 1. The maximum atomic E-state index is 13.0. The van der Waals surface area contributed by atoms with Gasteiger partial charge in [-0.25, -0.2) is 23.9 Å². The van der Waals surface area contributed by atoms with Gasteiger partial charge in [0.2, 0.25) is 5.95 Å². The molecule has 1 saturated carbocycles. The Morgan fingerprint density at radius 2 is 1.91 bits per heavy atom. The summed E-state index contributed by atoms with van der Waals surface area (Å²) >= 11 is 0. The van der Waals surface area contributed by atoms with Gasteiger partial charge in [-0.2, -0.15) is 0 Å². The third kappa shape index (κ3) is 3.80. The van der Waals surface area contributed by atoms with Gasteiger partial charge in [0.15, 0.2) is 5.65 Å². The number of alkyl halides is 1. The predicted molar refractivity (Wildman–Crippen MR) is 130 cm³/mol. The van der Waals surface area contributed by atoms with Crippen LogP contribution in [0, 0.1) is 6.92 Å². The first-order chi connectivity index (χ1) is 16.6. The van der Waals surface area contributed by atoms with E-state index in [0.29, 0.717) is 23.7 Å². The molecule has 0 amide bonds. The second-order valence-corrected chi connectivity index (χ2v) is 9.49. The van der Waals surface area contributed by atoms with Gasteiger partial charge in [0, 0.05) is 50.0 Å². The van der Waals surface area contributed by atoms with Gasteiger partial charge in [-0.1, -0.05) is 0 Å². The van der Waals surface area contributed by atoms with Crippen molar-refractivity contribution in [3.05, 3.63) is 36.4 Å². The summed E-state index contributed by atoms with van der Waals surface area (Å²) in [5.74, 6) is 1.42. The number of fused-ring (bicyclic) bond motifs is 2. The zero-order valence-electron chi connectivity index (χ0n) is 19.7. The van der Waals surface area contributed by atoms with Crippen LogP contribution in [0.25, 0.3) is 27.9 Å². The van der Waals surface area contributed by atoms with Gasteiger partial charge in [-0.05, 0) is 45.0 Å². The molecule has 34 heavy (non-hydrogen) atoms. The molecule has 2 aliphatic rings. The summed E-state index contributed by atoms with van der Waals surface area (Å²) in [5.41, 5.74) is 4.10. The second-order valence-electron chi connectivity index (χ2n) is 9.49. The number of nitrogens with zero attached hydrogens (tertiary/aromatic N) is 8. The molecule has 0 spiro atoms. The Morgan fingerprint density at radius 3 is 2.71 bits per heavy atom. The van der Waals surface area contributed by atoms with Crippen molar-refractivity contribution in [3.8, 4) is 11.3 Å². The summed E-state index contributed by atoms with van der Waals surface area (Å²) < 4.78 is 16.7. The summed E-state index contributed by atoms with van der Waals surface area (Å²) in [6.07, 6.45) is 6.05. The molecule has 0 radical (unpaired) electrons. The number of hydrogen-bond donors (Lipinski definition) is 1. The quantitative estimate of drug-likeness (QED) is 0.471. The van der Waals surface area contributed by atoms with Gasteiger partial charge in [-0.3, -0.25) is 4.90 Å². The van der Waals surface area contributed by atoms with Gasteiger partial charge in [0.25, 0.3) is 0 Å². The van der Waals surface area contributed by atoms with E-state index in [1.807, 2.05) is 46.6 Å². The smallest absolute Gasteiger partial charge is 0.241 e. The van der Waals surface area contributed by atoms with Gasteiger partial charge < -0.3 is 14.8 Å². The fourth-order valence-electron chi connectivity index (χ4n) is 5.17. The van der Waals surface area contributed by atoms with E-state index in [9.17, 15) is 4.39 Å². The monoisotopic (exact) mass is 463 g/mol. The molecule has 1 aliphatic heterocycles. The largest absolute Gasteiger partial charge is 0.350 e. The number of aryl methyl sites for hydroxylation is 2. The fourth-order valence-corrected chi connectivity index (χ4v) is 5.17. The Kier molecular flexibility index (Phi) is 5.41. The summed E-state index contributed by atoms with van der Waals surface area (Å²) in [6, 6.07) is 6.97. The molecule has 6 rings (SSSR count). The van der Waals surface area contributed by atoms with Gasteiger partial charge in [0.1, 0.15) is 18.0 Å².